The van der Waals surface area contributed by atoms with Gasteiger partial charge in [-0.1, -0.05) is 39.0 Å². The molecule has 0 radical (unpaired) electrons. The predicted molar refractivity (Wildman–Crippen MR) is 88.1 cm³/mol. The molecule has 0 fully saturated rings. The molecule has 0 aliphatic heterocycles. The number of sulfonamides is 1. The van der Waals surface area contributed by atoms with Gasteiger partial charge in [-0.3, -0.25) is 0 Å². The van der Waals surface area contributed by atoms with E-state index in [9.17, 15) is 8.42 Å². The lowest BCUT2D eigenvalue weighted by Gasteiger charge is -2.26. The van der Waals surface area contributed by atoms with Crippen LogP contribution in [-0.2, 0) is 10.0 Å². The Labute approximate surface area is 129 Å². The maximum absolute atomic E-state index is 12.5. The van der Waals surface area contributed by atoms with E-state index in [1.165, 1.54) is 0 Å². The van der Waals surface area contributed by atoms with Crippen molar-refractivity contribution in [2.24, 2.45) is 0 Å². The maximum Gasteiger partial charge on any atom is 0.240 e. The molecule has 0 amide bonds. The zero-order chi connectivity index (χ0) is 15.9. The molecular formula is C16H28N2O2S. The average Bonchev–Trinajstić information content (AvgIpc) is 2.47. The predicted octanol–water partition coefficient (Wildman–Crippen LogP) is 2.87. The first-order chi connectivity index (χ1) is 9.97. The lowest BCUT2D eigenvalue weighted by molar-refractivity contribution is 0.454. The van der Waals surface area contributed by atoms with Crippen molar-refractivity contribution in [1.82, 2.24) is 10.0 Å². The molecule has 0 aliphatic rings. The van der Waals surface area contributed by atoms with Crippen molar-refractivity contribution in [3.63, 3.8) is 0 Å². The van der Waals surface area contributed by atoms with Gasteiger partial charge in [0, 0.05) is 18.5 Å². The van der Waals surface area contributed by atoms with Crippen LogP contribution < -0.4 is 10.0 Å². The molecule has 0 aliphatic carbocycles. The van der Waals surface area contributed by atoms with E-state index < -0.39 is 10.0 Å². The van der Waals surface area contributed by atoms with Gasteiger partial charge < -0.3 is 5.32 Å². The Kier molecular flexibility index (Phi) is 7.35. The van der Waals surface area contributed by atoms with Crippen LogP contribution in [0, 0.1) is 0 Å². The molecular weight excluding hydrogens is 284 g/mol. The molecule has 2 unspecified atom stereocenters. The van der Waals surface area contributed by atoms with Gasteiger partial charge in [-0.15, -0.1) is 0 Å². The van der Waals surface area contributed by atoms with Crippen LogP contribution in [-0.4, -0.2) is 27.5 Å². The number of benzene rings is 1. The molecule has 0 saturated carbocycles. The van der Waals surface area contributed by atoms with E-state index in [4.69, 9.17) is 0 Å². The summed E-state index contributed by atoms with van der Waals surface area (Å²) in [6.45, 7) is 9.57. The van der Waals surface area contributed by atoms with E-state index in [-0.39, 0.29) is 12.0 Å². The van der Waals surface area contributed by atoms with Crippen LogP contribution >= 0.6 is 0 Å². The van der Waals surface area contributed by atoms with E-state index in [2.05, 4.69) is 30.8 Å². The standard InChI is InChI=1S/C16H28N2O2S/c1-5-12-18-21(19,20)16-11-9-8-10-15(16)14(6-2)13(4)17-7-3/h8-11,13-14,17-18H,5-7,12H2,1-4H3. The van der Waals surface area contributed by atoms with Gasteiger partial charge in [0.15, 0.2) is 0 Å². The molecule has 2 atom stereocenters. The van der Waals surface area contributed by atoms with Gasteiger partial charge in [0.2, 0.25) is 10.0 Å². The summed E-state index contributed by atoms with van der Waals surface area (Å²) in [6.07, 6.45) is 1.68. The van der Waals surface area contributed by atoms with E-state index in [1.54, 1.807) is 12.1 Å². The van der Waals surface area contributed by atoms with Gasteiger partial charge in [0.05, 0.1) is 4.90 Å². The highest BCUT2D eigenvalue weighted by atomic mass is 32.2. The molecule has 0 heterocycles. The van der Waals surface area contributed by atoms with Crippen LogP contribution in [0.25, 0.3) is 0 Å². The summed E-state index contributed by atoms with van der Waals surface area (Å²) in [6, 6.07) is 7.57. The summed E-state index contributed by atoms with van der Waals surface area (Å²) in [5.41, 5.74) is 0.900. The third kappa shape index (κ3) is 4.80. The van der Waals surface area contributed by atoms with Crippen molar-refractivity contribution >= 4 is 10.0 Å². The maximum atomic E-state index is 12.5. The molecule has 1 aromatic rings. The van der Waals surface area contributed by atoms with Crippen molar-refractivity contribution in [3.8, 4) is 0 Å². The van der Waals surface area contributed by atoms with Crippen molar-refractivity contribution in [2.45, 2.75) is 57.4 Å². The normalized spacial score (nSPS) is 14.9. The van der Waals surface area contributed by atoms with Crippen molar-refractivity contribution < 1.29 is 8.42 Å². The summed E-state index contributed by atoms with van der Waals surface area (Å²) < 4.78 is 27.6. The van der Waals surface area contributed by atoms with E-state index in [0.717, 1.165) is 24.9 Å². The Morgan fingerprint density at radius 1 is 1.14 bits per heavy atom. The van der Waals surface area contributed by atoms with Crippen LogP contribution in [0.1, 0.15) is 52.0 Å². The van der Waals surface area contributed by atoms with Crippen LogP contribution in [0.2, 0.25) is 0 Å². The Hall–Kier alpha value is -0.910. The lowest BCUT2D eigenvalue weighted by atomic mass is 9.90. The zero-order valence-corrected chi connectivity index (χ0v) is 14.3. The summed E-state index contributed by atoms with van der Waals surface area (Å²) in [5.74, 6) is 0.180. The minimum atomic E-state index is -3.43. The first kappa shape index (κ1) is 18.1. The van der Waals surface area contributed by atoms with Gasteiger partial charge >= 0.3 is 0 Å². The quantitative estimate of drug-likeness (QED) is 0.737. The fourth-order valence-electron chi connectivity index (χ4n) is 2.65. The topological polar surface area (TPSA) is 58.2 Å². The molecule has 120 valence electrons. The molecule has 1 aromatic carbocycles. The number of hydrogen-bond donors (Lipinski definition) is 2. The number of hydrogen-bond acceptors (Lipinski definition) is 3. The Balaban J connectivity index is 3.19. The summed E-state index contributed by atoms with van der Waals surface area (Å²) in [5, 5.41) is 3.40. The fraction of sp³-hybridized carbons (Fsp3) is 0.625. The third-order valence-corrected chi connectivity index (χ3v) is 5.25. The molecule has 2 N–H and O–H groups in total. The van der Waals surface area contributed by atoms with Gasteiger partial charge in [-0.25, -0.2) is 13.1 Å². The van der Waals surface area contributed by atoms with Crippen LogP contribution in [0.5, 0.6) is 0 Å². The SMILES string of the molecule is CCCNS(=O)(=O)c1ccccc1C(CC)C(C)NCC. The lowest BCUT2D eigenvalue weighted by Crippen LogP contribution is -2.33. The van der Waals surface area contributed by atoms with Gasteiger partial charge in [-0.05, 0) is 37.9 Å². The summed E-state index contributed by atoms with van der Waals surface area (Å²) in [7, 11) is -3.43. The highest BCUT2D eigenvalue weighted by Crippen LogP contribution is 2.29. The molecule has 4 nitrogen and oxygen atoms in total. The van der Waals surface area contributed by atoms with E-state index in [0.29, 0.717) is 11.4 Å². The highest BCUT2D eigenvalue weighted by Gasteiger charge is 2.25. The van der Waals surface area contributed by atoms with Crippen LogP contribution in [0.3, 0.4) is 0 Å². The smallest absolute Gasteiger partial charge is 0.240 e. The van der Waals surface area contributed by atoms with Crippen molar-refractivity contribution in [3.05, 3.63) is 29.8 Å². The minimum Gasteiger partial charge on any atom is -0.314 e. The van der Waals surface area contributed by atoms with Gasteiger partial charge in [0.25, 0.3) is 0 Å². The molecule has 0 saturated heterocycles. The zero-order valence-electron chi connectivity index (χ0n) is 13.5. The molecule has 0 bridgehead atoms. The van der Waals surface area contributed by atoms with Crippen LogP contribution in [0.4, 0.5) is 0 Å². The van der Waals surface area contributed by atoms with Crippen molar-refractivity contribution in [2.75, 3.05) is 13.1 Å². The molecule has 5 heteroatoms. The minimum absolute atomic E-state index is 0.180. The average molecular weight is 312 g/mol. The fourth-order valence-corrected chi connectivity index (χ4v) is 4.07. The third-order valence-electron chi connectivity index (χ3n) is 3.72. The second-order valence-electron chi connectivity index (χ2n) is 5.30. The number of nitrogens with one attached hydrogen (secondary N) is 2. The van der Waals surface area contributed by atoms with E-state index in [1.807, 2.05) is 19.1 Å². The van der Waals surface area contributed by atoms with Gasteiger partial charge in [-0.2, -0.15) is 0 Å². The van der Waals surface area contributed by atoms with Crippen LogP contribution in [0.15, 0.2) is 29.2 Å². The number of rotatable bonds is 9. The first-order valence-corrected chi connectivity index (χ1v) is 9.28. The van der Waals surface area contributed by atoms with Crippen molar-refractivity contribution in [1.29, 1.82) is 0 Å². The molecule has 0 spiro atoms. The Bertz CT molecular complexity index is 529. The molecule has 0 aromatic heterocycles. The Morgan fingerprint density at radius 3 is 2.38 bits per heavy atom. The second kappa shape index (κ2) is 8.51. The summed E-state index contributed by atoms with van der Waals surface area (Å²) in [4.78, 5) is 0.412. The second-order valence-corrected chi connectivity index (χ2v) is 7.03. The molecule has 1 rings (SSSR count). The first-order valence-electron chi connectivity index (χ1n) is 7.79. The molecule has 21 heavy (non-hydrogen) atoms. The number of likely N-dealkylation sites (N-methyl/N-ethyl adjacent to an activating group) is 1. The summed E-state index contributed by atoms with van der Waals surface area (Å²) >= 11 is 0. The highest BCUT2D eigenvalue weighted by molar-refractivity contribution is 7.89. The van der Waals surface area contributed by atoms with Gasteiger partial charge in [0.1, 0.15) is 0 Å². The Morgan fingerprint density at radius 2 is 1.81 bits per heavy atom. The van der Waals surface area contributed by atoms with E-state index >= 15 is 0 Å². The monoisotopic (exact) mass is 312 g/mol. The largest absolute Gasteiger partial charge is 0.314 e.